The summed E-state index contributed by atoms with van der Waals surface area (Å²) in [4.78, 5) is 11.0. The van der Waals surface area contributed by atoms with Crippen LogP contribution in [-0.4, -0.2) is 22.1 Å². The molecule has 1 aromatic heterocycles. The van der Waals surface area contributed by atoms with Crippen molar-refractivity contribution in [3.05, 3.63) is 72.6 Å². The van der Waals surface area contributed by atoms with Gasteiger partial charge in [-0.25, -0.2) is 4.98 Å². The smallest absolute Gasteiger partial charge is 0.155 e. The summed E-state index contributed by atoms with van der Waals surface area (Å²) >= 11 is 0. The second-order valence-electron chi connectivity index (χ2n) is 5.12. The van der Waals surface area contributed by atoms with Crippen LogP contribution < -0.4 is 4.90 Å². The van der Waals surface area contributed by atoms with Gasteiger partial charge in [0.2, 0.25) is 0 Å². The Balaban J connectivity index is 1.94. The molecule has 1 heterocycles. The van der Waals surface area contributed by atoms with Crippen LogP contribution in [0.25, 0.3) is 11.3 Å². The van der Waals surface area contributed by atoms with E-state index < -0.39 is 0 Å². The third-order valence-electron chi connectivity index (χ3n) is 3.42. The average Bonchev–Trinajstić information content (AvgIpc) is 2.56. The molecule has 4 nitrogen and oxygen atoms in total. The van der Waals surface area contributed by atoms with Gasteiger partial charge in [-0.05, 0) is 17.7 Å². The van der Waals surface area contributed by atoms with Gasteiger partial charge >= 0.3 is 0 Å². The maximum absolute atomic E-state index is 9.68. The Morgan fingerprint density at radius 2 is 1.73 bits per heavy atom. The SMILES string of the molecule is CN(Cc1ccccc1)c1nccnc1-c1cccc(O)c1. The molecule has 110 valence electrons. The molecular formula is C18H17N3O. The minimum atomic E-state index is 0.222. The molecule has 0 bridgehead atoms. The molecule has 0 atom stereocenters. The third kappa shape index (κ3) is 3.06. The first-order valence-electron chi connectivity index (χ1n) is 7.09. The van der Waals surface area contributed by atoms with Gasteiger partial charge in [0.25, 0.3) is 0 Å². The van der Waals surface area contributed by atoms with Crippen LogP contribution in [0.2, 0.25) is 0 Å². The second-order valence-corrected chi connectivity index (χ2v) is 5.12. The first-order valence-corrected chi connectivity index (χ1v) is 7.09. The van der Waals surface area contributed by atoms with Crippen LogP contribution in [-0.2, 0) is 6.54 Å². The van der Waals surface area contributed by atoms with E-state index in [1.807, 2.05) is 31.3 Å². The summed E-state index contributed by atoms with van der Waals surface area (Å²) in [5.41, 5.74) is 2.82. The number of phenols is 1. The summed E-state index contributed by atoms with van der Waals surface area (Å²) in [5, 5.41) is 9.68. The van der Waals surface area contributed by atoms with Crippen LogP contribution in [0.4, 0.5) is 5.82 Å². The van der Waals surface area contributed by atoms with Gasteiger partial charge in [0.1, 0.15) is 11.4 Å². The molecule has 22 heavy (non-hydrogen) atoms. The van der Waals surface area contributed by atoms with Crippen molar-refractivity contribution in [3.8, 4) is 17.0 Å². The van der Waals surface area contributed by atoms with Gasteiger partial charge in [-0.2, -0.15) is 0 Å². The lowest BCUT2D eigenvalue weighted by atomic mass is 10.1. The van der Waals surface area contributed by atoms with Gasteiger partial charge < -0.3 is 10.0 Å². The van der Waals surface area contributed by atoms with Crippen LogP contribution in [0, 0.1) is 0 Å². The molecule has 4 heteroatoms. The van der Waals surface area contributed by atoms with Crippen LogP contribution in [0.1, 0.15) is 5.56 Å². The molecule has 0 spiro atoms. The molecule has 0 radical (unpaired) electrons. The molecule has 0 fully saturated rings. The van der Waals surface area contributed by atoms with E-state index in [0.717, 1.165) is 23.6 Å². The normalized spacial score (nSPS) is 10.4. The summed E-state index contributed by atoms with van der Waals surface area (Å²) in [6, 6.07) is 17.3. The van der Waals surface area contributed by atoms with E-state index in [-0.39, 0.29) is 5.75 Å². The monoisotopic (exact) mass is 291 g/mol. The van der Waals surface area contributed by atoms with Gasteiger partial charge in [-0.15, -0.1) is 0 Å². The molecule has 2 aromatic carbocycles. The quantitative estimate of drug-likeness (QED) is 0.799. The number of hydrogen-bond acceptors (Lipinski definition) is 4. The predicted molar refractivity (Wildman–Crippen MR) is 87.7 cm³/mol. The fourth-order valence-electron chi connectivity index (χ4n) is 2.40. The minimum Gasteiger partial charge on any atom is -0.508 e. The highest BCUT2D eigenvalue weighted by Crippen LogP contribution is 2.28. The first-order chi connectivity index (χ1) is 10.7. The summed E-state index contributed by atoms with van der Waals surface area (Å²) in [7, 11) is 1.99. The van der Waals surface area contributed by atoms with Gasteiger partial charge in [0.15, 0.2) is 5.82 Å². The number of phenolic OH excluding ortho intramolecular Hbond substituents is 1. The zero-order valence-electron chi connectivity index (χ0n) is 12.3. The fraction of sp³-hybridized carbons (Fsp3) is 0.111. The van der Waals surface area contributed by atoms with Crippen LogP contribution in [0.3, 0.4) is 0 Å². The Bertz CT molecular complexity index is 759. The van der Waals surface area contributed by atoms with E-state index in [4.69, 9.17) is 0 Å². The Morgan fingerprint density at radius 1 is 0.955 bits per heavy atom. The second kappa shape index (κ2) is 6.26. The number of aromatic hydroxyl groups is 1. The van der Waals surface area contributed by atoms with Crippen molar-refractivity contribution in [2.45, 2.75) is 6.54 Å². The Labute approximate surface area is 129 Å². The molecule has 0 aliphatic heterocycles. The standard InChI is InChI=1S/C18H17N3O/c1-21(13-14-6-3-2-4-7-14)18-17(19-10-11-20-18)15-8-5-9-16(22)12-15/h2-12,22H,13H2,1H3. The van der Waals surface area contributed by atoms with Gasteiger partial charge in [-0.1, -0.05) is 42.5 Å². The number of nitrogens with zero attached hydrogens (tertiary/aromatic N) is 3. The van der Waals surface area contributed by atoms with Gasteiger partial charge in [0.05, 0.1) is 0 Å². The molecular weight excluding hydrogens is 274 g/mol. The number of benzene rings is 2. The van der Waals surface area contributed by atoms with Crippen molar-refractivity contribution in [2.24, 2.45) is 0 Å². The lowest BCUT2D eigenvalue weighted by molar-refractivity contribution is 0.475. The van der Waals surface area contributed by atoms with Crippen molar-refractivity contribution in [2.75, 3.05) is 11.9 Å². The highest BCUT2D eigenvalue weighted by molar-refractivity contribution is 5.72. The number of anilines is 1. The summed E-state index contributed by atoms with van der Waals surface area (Å²) in [5.74, 6) is 1.01. The minimum absolute atomic E-state index is 0.222. The van der Waals surface area contributed by atoms with E-state index in [1.54, 1.807) is 30.6 Å². The van der Waals surface area contributed by atoms with E-state index in [9.17, 15) is 5.11 Å². The highest BCUT2D eigenvalue weighted by atomic mass is 16.3. The van der Waals surface area contributed by atoms with Gasteiger partial charge in [-0.3, -0.25) is 4.98 Å². The number of rotatable bonds is 4. The van der Waals surface area contributed by atoms with Crippen LogP contribution >= 0.6 is 0 Å². The summed E-state index contributed by atoms with van der Waals surface area (Å²) in [6.07, 6.45) is 3.35. The fourth-order valence-corrected chi connectivity index (χ4v) is 2.40. The largest absolute Gasteiger partial charge is 0.508 e. The van der Waals surface area contributed by atoms with E-state index in [0.29, 0.717) is 0 Å². The van der Waals surface area contributed by atoms with Crippen molar-refractivity contribution in [1.82, 2.24) is 9.97 Å². The first kappa shape index (κ1) is 14.1. The maximum Gasteiger partial charge on any atom is 0.155 e. The predicted octanol–water partition coefficient (Wildman–Crippen LogP) is 3.49. The molecule has 0 unspecified atom stereocenters. The van der Waals surface area contributed by atoms with Crippen LogP contribution in [0.15, 0.2) is 67.0 Å². The molecule has 0 aliphatic carbocycles. The topological polar surface area (TPSA) is 49.2 Å². The highest BCUT2D eigenvalue weighted by Gasteiger charge is 2.12. The number of hydrogen-bond donors (Lipinski definition) is 1. The van der Waals surface area contributed by atoms with Crippen molar-refractivity contribution < 1.29 is 5.11 Å². The van der Waals surface area contributed by atoms with Crippen molar-refractivity contribution in [3.63, 3.8) is 0 Å². The Hall–Kier alpha value is -2.88. The van der Waals surface area contributed by atoms with Crippen molar-refractivity contribution >= 4 is 5.82 Å². The van der Waals surface area contributed by atoms with Crippen molar-refractivity contribution in [1.29, 1.82) is 0 Å². The zero-order chi connectivity index (χ0) is 15.4. The molecule has 0 saturated carbocycles. The molecule has 0 aliphatic rings. The van der Waals surface area contributed by atoms with Gasteiger partial charge in [0, 0.05) is 31.5 Å². The summed E-state index contributed by atoms with van der Waals surface area (Å²) in [6.45, 7) is 0.741. The van der Waals surface area contributed by atoms with E-state index in [1.165, 1.54) is 5.56 Å². The molecule has 1 N–H and O–H groups in total. The maximum atomic E-state index is 9.68. The van der Waals surface area contributed by atoms with E-state index in [2.05, 4.69) is 27.0 Å². The lowest BCUT2D eigenvalue weighted by Gasteiger charge is -2.20. The Kier molecular flexibility index (Phi) is 4.01. The van der Waals surface area contributed by atoms with Crippen LogP contribution in [0.5, 0.6) is 5.75 Å². The number of aromatic nitrogens is 2. The third-order valence-corrected chi connectivity index (χ3v) is 3.42. The van der Waals surface area contributed by atoms with E-state index >= 15 is 0 Å². The average molecular weight is 291 g/mol. The molecule has 3 rings (SSSR count). The Morgan fingerprint density at radius 3 is 2.50 bits per heavy atom. The lowest BCUT2D eigenvalue weighted by Crippen LogP contribution is -2.19. The molecule has 0 saturated heterocycles. The molecule has 3 aromatic rings. The zero-order valence-corrected chi connectivity index (χ0v) is 12.3. The summed E-state index contributed by atoms with van der Waals surface area (Å²) < 4.78 is 0. The molecule has 0 amide bonds.